The second-order valence-electron chi connectivity index (χ2n) is 6.32. The van der Waals surface area contributed by atoms with E-state index in [-0.39, 0.29) is 11.5 Å². The molecule has 4 aromatic rings. The maximum Gasteiger partial charge on any atom is 0.291 e. The summed E-state index contributed by atoms with van der Waals surface area (Å²) in [5, 5.41) is 7.36. The van der Waals surface area contributed by atoms with Crippen molar-refractivity contribution >= 4 is 29.0 Å². The van der Waals surface area contributed by atoms with Crippen LogP contribution in [0.2, 0.25) is 5.02 Å². The minimum atomic E-state index is -0.442. The van der Waals surface area contributed by atoms with Crippen LogP contribution in [0.5, 0.6) is 0 Å². The zero-order valence-electron chi connectivity index (χ0n) is 15.2. The number of para-hydroxylation sites is 1. The molecule has 0 saturated carbocycles. The molecule has 2 aromatic heterocycles. The van der Waals surface area contributed by atoms with E-state index in [1.165, 1.54) is 6.20 Å². The number of ketones is 1. The number of rotatable bonds is 6. The SMILES string of the molecule is O=C(Nc1ccccc1C(=O)c1ccccc1)c1ccc(Cn2cc(Cl)cn2)o1. The minimum absolute atomic E-state index is 0.139. The van der Waals surface area contributed by atoms with E-state index in [0.717, 1.165) is 0 Å². The van der Waals surface area contributed by atoms with Crippen LogP contribution in [0.25, 0.3) is 0 Å². The molecule has 1 amide bonds. The highest BCUT2D eigenvalue weighted by atomic mass is 35.5. The summed E-state index contributed by atoms with van der Waals surface area (Å²) in [7, 11) is 0. The van der Waals surface area contributed by atoms with Crippen LogP contribution in [0, 0.1) is 0 Å². The second-order valence-corrected chi connectivity index (χ2v) is 6.75. The van der Waals surface area contributed by atoms with E-state index >= 15 is 0 Å². The van der Waals surface area contributed by atoms with E-state index in [1.807, 2.05) is 6.07 Å². The Hall–Kier alpha value is -3.64. The van der Waals surface area contributed by atoms with E-state index in [4.69, 9.17) is 16.0 Å². The first-order valence-electron chi connectivity index (χ1n) is 8.87. The van der Waals surface area contributed by atoms with Crippen LogP contribution in [0.3, 0.4) is 0 Å². The molecular formula is C22H16ClN3O3. The molecule has 0 unspecified atom stereocenters. The molecule has 29 heavy (non-hydrogen) atoms. The lowest BCUT2D eigenvalue weighted by Crippen LogP contribution is -2.14. The smallest absolute Gasteiger partial charge is 0.291 e. The van der Waals surface area contributed by atoms with Gasteiger partial charge in [-0.1, -0.05) is 54.1 Å². The number of carbonyl (C=O) groups is 2. The van der Waals surface area contributed by atoms with Crippen LogP contribution in [0.4, 0.5) is 5.69 Å². The summed E-state index contributed by atoms with van der Waals surface area (Å²) >= 11 is 5.85. The molecule has 144 valence electrons. The highest BCUT2D eigenvalue weighted by Crippen LogP contribution is 2.21. The normalized spacial score (nSPS) is 10.7. The standard InChI is InChI=1S/C22H16ClN3O3/c23-16-12-24-26(13-16)14-17-10-11-20(29-17)22(28)25-19-9-5-4-8-18(19)21(27)15-6-2-1-3-7-15/h1-13H,14H2,(H,25,28). The minimum Gasteiger partial charge on any atom is -0.454 e. The van der Waals surface area contributed by atoms with Crippen LogP contribution in [0.15, 0.2) is 83.5 Å². The predicted octanol–water partition coefficient (Wildman–Crippen LogP) is 4.66. The first-order valence-corrected chi connectivity index (χ1v) is 9.25. The van der Waals surface area contributed by atoms with Gasteiger partial charge in [0.05, 0.1) is 23.5 Å². The van der Waals surface area contributed by atoms with Gasteiger partial charge in [-0.05, 0) is 24.3 Å². The molecule has 7 heteroatoms. The van der Waals surface area contributed by atoms with Gasteiger partial charge in [-0.25, -0.2) is 0 Å². The van der Waals surface area contributed by atoms with Gasteiger partial charge in [0.2, 0.25) is 0 Å². The van der Waals surface area contributed by atoms with Crippen molar-refractivity contribution in [3.63, 3.8) is 0 Å². The lowest BCUT2D eigenvalue weighted by molar-refractivity contribution is 0.0994. The molecule has 0 spiro atoms. The van der Waals surface area contributed by atoms with E-state index < -0.39 is 5.91 Å². The third kappa shape index (κ3) is 4.28. The van der Waals surface area contributed by atoms with Crippen molar-refractivity contribution in [2.45, 2.75) is 6.54 Å². The van der Waals surface area contributed by atoms with Crippen LogP contribution in [0.1, 0.15) is 32.2 Å². The van der Waals surface area contributed by atoms with Crippen LogP contribution >= 0.6 is 11.6 Å². The molecule has 0 aliphatic rings. The fourth-order valence-electron chi connectivity index (χ4n) is 2.89. The zero-order valence-corrected chi connectivity index (χ0v) is 16.0. The van der Waals surface area contributed by atoms with Crippen molar-refractivity contribution in [2.24, 2.45) is 0 Å². The van der Waals surface area contributed by atoms with Crippen molar-refractivity contribution in [3.8, 4) is 0 Å². The molecule has 2 aromatic carbocycles. The summed E-state index contributed by atoms with van der Waals surface area (Å²) < 4.78 is 7.22. The third-order valence-corrected chi connectivity index (χ3v) is 4.46. The van der Waals surface area contributed by atoms with Crippen molar-refractivity contribution in [1.29, 1.82) is 0 Å². The number of carbonyl (C=O) groups excluding carboxylic acids is 2. The van der Waals surface area contributed by atoms with E-state index in [1.54, 1.807) is 71.5 Å². The summed E-state index contributed by atoms with van der Waals surface area (Å²) in [5.41, 5.74) is 1.38. The number of hydrogen-bond acceptors (Lipinski definition) is 4. The average molecular weight is 406 g/mol. The number of anilines is 1. The Bertz CT molecular complexity index is 1160. The lowest BCUT2D eigenvalue weighted by atomic mass is 10.0. The highest BCUT2D eigenvalue weighted by molar-refractivity contribution is 6.30. The predicted molar refractivity (Wildman–Crippen MR) is 109 cm³/mol. The second kappa shape index (κ2) is 8.16. The van der Waals surface area contributed by atoms with Crippen LogP contribution in [-0.2, 0) is 6.54 Å². The largest absolute Gasteiger partial charge is 0.454 e. The van der Waals surface area contributed by atoms with Crippen molar-refractivity contribution < 1.29 is 14.0 Å². The Balaban J connectivity index is 1.51. The van der Waals surface area contributed by atoms with Gasteiger partial charge in [0.1, 0.15) is 5.76 Å². The summed E-state index contributed by atoms with van der Waals surface area (Å²) in [6, 6.07) is 19.1. The van der Waals surface area contributed by atoms with Gasteiger partial charge in [-0.2, -0.15) is 5.10 Å². The summed E-state index contributed by atoms with van der Waals surface area (Å²) in [6.45, 7) is 0.350. The van der Waals surface area contributed by atoms with Gasteiger partial charge in [0.15, 0.2) is 11.5 Å². The van der Waals surface area contributed by atoms with Gasteiger partial charge in [0, 0.05) is 17.3 Å². The molecule has 4 rings (SSSR count). The van der Waals surface area contributed by atoms with Crippen LogP contribution < -0.4 is 5.32 Å². The number of halogens is 1. The molecule has 0 fully saturated rings. The molecule has 0 aliphatic carbocycles. The quantitative estimate of drug-likeness (QED) is 0.473. The number of hydrogen-bond donors (Lipinski definition) is 1. The Morgan fingerprint density at radius 1 is 1.00 bits per heavy atom. The fourth-order valence-corrected chi connectivity index (χ4v) is 3.04. The number of amides is 1. The first kappa shape index (κ1) is 18.7. The number of furan rings is 1. The van der Waals surface area contributed by atoms with Crippen molar-refractivity contribution in [1.82, 2.24) is 9.78 Å². The maximum atomic E-state index is 12.8. The van der Waals surface area contributed by atoms with Gasteiger partial charge in [-0.3, -0.25) is 14.3 Å². The number of nitrogens with zero attached hydrogens (tertiary/aromatic N) is 2. The van der Waals surface area contributed by atoms with Crippen LogP contribution in [-0.4, -0.2) is 21.5 Å². The molecule has 2 heterocycles. The number of aromatic nitrogens is 2. The molecule has 1 N–H and O–H groups in total. The average Bonchev–Trinajstić information content (AvgIpc) is 3.38. The number of nitrogens with one attached hydrogen (secondary N) is 1. The zero-order chi connectivity index (χ0) is 20.2. The van der Waals surface area contributed by atoms with Gasteiger partial charge in [0.25, 0.3) is 5.91 Å². The molecule has 0 saturated heterocycles. The monoisotopic (exact) mass is 405 g/mol. The third-order valence-electron chi connectivity index (χ3n) is 4.26. The molecule has 0 atom stereocenters. The molecule has 0 bridgehead atoms. The molecular weight excluding hydrogens is 390 g/mol. The van der Waals surface area contributed by atoms with E-state index in [9.17, 15) is 9.59 Å². The summed E-state index contributed by atoms with van der Waals surface area (Å²) in [6.07, 6.45) is 3.19. The molecule has 0 aliphatic heterocycles. The topological polar surface area (TPSA) is 77.1 Å². The van der Waals surface area contributed by atoms with Crippen molar-refractivity contribution in [2.75, 3.05) is 5.32 Å². The Labute approximate surface area is 171 Å². The molecule has 6 nitrogen and oxygen atoms in total. The van der Waals surface area contributed by atoms with E-state index in [2.05, 4.69) is 10.4 Å². The highest BCUT2D eigenvalue weighted by Gasteiger charge is 2.17. The fraction of sp³-hybridized carbons (Fsp3) is 0.0455. The summed E-state index contributed by atoms with van der Waals surface area (Å²) in [5.74, 6) is 0.0871. The number of benzene rings is 2. The van der Waals surface area contributed by atoms with Crippen molar-refractivity contribution in [3.05, 3.63) is 107 Å². The van der Waals surface area contributed by atoms with Gasteiger partial charge in [-0.15, -0.1) is 0 Å². The molecule has 0 radical (unpaired) electrons. The first-order chi connectivity index (χ1) is 14.1. The Kier molecular flexibility index (Phi) is 5.27. The summed E-state index contributed by atoms with van der Waals surface area (Å²) in [4.78, 5) is 25.4. The van der Waals surface area contributed by atoms with Gasteiger partial charge >= 0.3 is 0 Å². The van der Waals surface area contributed by atoms with E-state index in [0.29, 0.717) is 34.1 Å². The van der Waals surface area contributed by atoms with Gasteiger partial charge < -0.3 is 9.73 Å². The Morgan fingerprint density at radius 2 is 1.76 bits per heavy atom. The lowest BCUT2D eigenvalue weighted by Gasteiger charge is -2.09. The Morgan fingerprint density at radius 3 is 2.52 bits per heavy atom. The maximum absolute atomic E-state index is 12.8.